The lowest BCUT2D eigenvalue weighted by atomic mass is 10.3. The number of carboxylic acid groups (broad SMARTS) is 1. The summed E-state index contributed by atoms with van der Waals surface area (Å²) in [5.74, 6) is -1.01. The summed E-state index contributed by atoms with van der Waals surface area (Å²) in [6.07, 6.45) is 1.66. The Morgan fingerprint density at radius 2 is 2.31 bits per heavy atom. The molecule has 1 heterocycles. The normalized spacial score (nSPS) is 10.5. The molecule has 0 atom stereocenters. The van der Waals surface area contributed by atoms with Crippen LogP contribution >= 0.6 is 0 Å². The van der Waals surface area contributed by atoms with Crippen molar-refractivity contribution in [1.29, 1.82) is 0 Å². The van der Waals surface area contributed by atoms with E-state index in [0.29, 0.717) is 5.69 Å². The fourth-order valence-corrected chi connectivity index (χ4v) is 1.06. The fraction of sp³-hybridized carbons (Fsp3) is 0.500. The van der Waals surface area contributed by atoms with Crippen LogP contribution in [0, 0.1) is 0 Å². The van der Waals surface area contributed by atoms with Crippen LogP contribution in [-0.4, -0.2) is 26.9 Å². The van der Waals surface area contributed by atoms with E-state index in [4.69, 9.17) is 5.11 Å². The molecule has 1 rings (SSSR count). The molecule has 0 spiro atoms. The summed E-state index contributed by atoms with van der Waals surface area (Å²) in [6.45, 7) is 3.89. The minimum atomic E-state index is -1.01. The molecule has 0 aliphatic rings. The molecule has 0 fully saturated rings. The Morgan fingerprint density at radius 1 is 1.69 bits per heavy atom. The minimum Gasteiger partial charge on any atom is -0.476 e. The molecular formula is C8H13N3O2. The van der Waals surface area contributed by atoms with Gasteiger partial charge in [-0.1, -0.05) is 0 Å². The summed E-state index contributed by atoms with van der Waals surface area (Å²) in [7, 11) is 1.69. The number of rotatable bonds is 3. The molecule has 5 heteroatoms. The quantitative estimate of drug-likeness (QED) is 0.731. The standard InChI is InChI=1S/C8H13N3O2/c1-5(2)9-6-4-11(3)10-7(6)8(12)13/h4-5,9H,1-3H3,(H,12,13). The Bertz CT molecular complexity index is 317. The smallest absolute Gasteiger partial charge is 0.358 e. The molecule has 0 aliphatic carbocycles. The molecule has 72 valence electrons. The third kappa shape index (κ3) is 2.21. The predicted molar refractivity (Wildman–Crippen MR) is 48.9 cm³/mol. The number of carboxylic acids is 1. The van der Waals surface area contributed by atoms with Gasteiger partial charge in [-0.3, -0.25) is 4.68 Å². The maximum atomic E-state index is 10.7. The van der Waals surface area contributed by atoms with Crippen molar-refractivity contribution in [2.75, 3.05) is 5.32 Å². The number of carbonyl (C=O) groups is 1. The van der Waals surface area contributed by atoms with Crippen LogP contribution < -0.4 is 5.32 Å². The first kappa shape index (κ1) is 9.57. The van der Waals surface area contributed by atoms with E-state index in [2.05, 4.69) is 10.4 Å². The molecule has 5 nitrogen and oxygen atoms in total. The van der Waals surface area contributed by atoms with Gasteiger partial charge in [-0.15, -0.1) is 0 Å². The lowest BCUT2D eigenvalue weighted by Crippen LogP contribution is -2.12. The van der Waals surface area contributed by atoms with E-state index in [-0.39, 0.29) is 11.7 Å². The molecule has 0 unspecified atom stereocenters. The molecule has 13 heavy (non-hydrogen) atoms. The zero-order chi connectivity index (χ0) is 10.0. The zero-order valence-corrected chi connectivity index (χ0v) is 7.90. The van der Waals surface area contributed by atoms with E-state index in [1.165, 1.54) is 4.68 Å². The number of hydrogen-bond acceptors (Lipinski definition) is 3. The Kier molecular flexibility index (Phi) is 2.55. The maximum absolute atomic E-state index is 10.7. The van der Waals surface area contributed by atoms with Crippen LogP contribution in [0.3, 0.4) is 0 Å². The van der Waals surface area contributed by atoms with Gasteiger partial charge < -0.3 is 10.4 Å². The molecule has 1 aromatic rings. The van der Waals surface area contributed by atoms with Gasteiger partial charge in [0.25, 0.3) is 0 Å². The highest BCUT2D eigenvalue weighted by Crippen LogP contribution is 2.13. The Labute approximate surface area is 76.4 Å². The van der Waals surface area contributed by atoms with E-state index in [9.17, 15) is 4.79 Å². The summed E-state index contributed by atoms with van der Waals surface area (Å²) in [4.78, 5) is 10.7. The van der Waals surface area contributed by atoms with Crippen LogP contribution in [0.1, 0.15) is 24.3 Å². The Morgan fingerprint density at radius 3 is 2.77 bits per heavy atom. The SMILES string of the molecule is CC(C)Nc1cn(C)nc1C(=O)O. The van der Waals surface area contributed by atoms with Crippen molar-refractivity contribution in [3.63, 3.8) is 0 Å². The molecule has 0 amide bonds. The molecule has 2 N–H and O–H groups in total. The molecule has 0 aliphatic heterocycles. The number of aryl methyl sites for hydroxylation is 1. The van der Waals surface area contributed by atoms with Crippen LogP contribution in [0.2, 0.25) is 0 Å². The van der Waals surface area contributed by atoms with Crippen LogP contribution in [-0.2, 0) is 7.05 Å². The van der Waals surface area contributed by atoms with Crippen LogP contribution in [0.4, 0.5) is 5.69 Å². The number of nitrogens with one attached hydrogen (secondary N) is 1. The number of aromatic nitrogens is 2. The summed E-state index contributed by atoms with van der Waals surface area (Å²) in [5, 5.41) is 15.6. The summed E-state index contributed by atoms with van der Waals surface area (Å²) in [5.41, 5.74) is 0.626. The maximum Gasteiger partial charge on any atom is 0.358 e. The lowest BCUT2D eigenvalue weighted by molar-refractivity contribution is 0.0690. The van der Waals surface area contributed by atoms with Gasteiger partial charge in [0, 0.05) is 19.3 Å². The van der Waals surface area contributed by atoms with Gasteiger partial charge >= 0.3 is 5.97 Å². The van der Waals surface area contributed by atoms with E-state index in [1.807, 2.05) is 13.8 Å². The number of nitrogens with zero attached hydrogens (tertiary/aromatic N) is 2. The van der Waals surface area contributed by atoms with Crippen LogP contribution in [0.15, 0.2) is 6.20 Å². The van der Waals surface area contributed by atoms with Gasteiger partial charge in [0.15, 0.2) is 5.69 Å². The van der Waals surface area contributed by atoms with Crippen molar-refractivity contribution in [1.82, 2.24) is 9.78 Å². The summed E-state index contributed by atoms with van der Waals surface area (Å²) >= 11 is 0. The van der Waals surface area contributed by atoms with Crippen molar-refractivity contribution in [3.05, 3.63) is 11.9 Å². The van der Waals surface area contributed by atoms with E-state index < -0.39 is 5.97 Å². The van der Waals surface area contributed by atoms with E-state index in [1.54, 1.807) is 13.2 Å². The number of anilines is 1. The average molecular weight is 183 g/mol. The van der Waals surface area contributed by atoms with Crippen molar-refractivity contribution in [2.45, 2.75) is 19.9 Å². The van der Waals surface area contributed by atoms with Gasteiger partial charge in [0.1, 0.15) is 0 Å². The topological polar surface area (TPSA) is 67.2 Å². The lowest BCUT2D eigenvalue weighted by Gasteiger charge is -2.06. The molecule has 0 bridgehead atoms. The molecule has 1 aromatic heterocycles. The highest BCUT2D eigenvalue weighted by atomic mass is 16.4. The minimum absolute atomic E-state index is 0.0659. The van der Waals surface area contributed by atoms with Gasteiger partial charge in [-0.05, 0) is 13.8 Å². The van der Waals surface area contributed by atoms with Crippen LogP contribution in [0.5, 0.6) is 0 Å². The Hall–Kier alpha value is -1.52. The third-order valence-corrected chi connectivity index (χ3v) is 1.48. The highest BCUT2D eigenvalue weighted by Gasteiger charge is 2.14. The predicted octanol–water partition coefficient (Wildman–Crippen LogP) is 0.939. The second-order valence-electron chi connectivity index (χ2n) is 3.17. The molecule has 0 radical (unpaired) electrons. The van der Waals surface area contributed by atoms with Gasteiger partial charge in [0.05, 0.1) is 5.69 Å². The first-order chi connectivity index (χ1) is 6.00. The summed E-state index contributed by atoms with van der Waals surface area (Å²) in [6, 6.07) is 0.197. The first-order valence-corrected chi connectivity index (χ1v) is 4.04. The molecule has 0 aromatic carbocycles. The van der Waals surface area contributed by atoms with Gasteiger partial charge in [-0.25, -0.2) is 4.79 Å². The first-order valence-electron chi connectivity index (χ1n) is 4.04. The zero-order valence-electron chi connectivity index (χ0n) is 7.90. The van der Waals surface area contributed by atoms with Crippen molar-refractivity contribution in [3.8, 4) is 0 Å². The van der Waals surface area contributed by atoms with E-state index in [0.717, 1.165) is 0 Å². The third-order valence-electron chi connectivity index (χ3n) is 1.48. The second-order valence-corrected chi connectivity index (χ2v) is 3.17. The summed E-state index contributed by atoms with van der Waals surface area (Å²) < 4.78 is 1.48. The van der Waals surface area contributed by atoms with Crippen LogP contribution in [0.25, 0.3) is 0 Å². The van der Waals surface area contributed by atoms with Crippen molar-refractivity contribution >= 4 is 11.7 Å². The Balaban J connectivity index is 2.97. The number of hydrogen-bond donors (Lipinski definition) is 2. The molecular weight excluding hydrogens is 170 g/mol. The van der Waals surface area contributed by atoms with Gasteiger partial charge in [-0.2, -0.15) is 5.10 Å². The molecule has 0 saturated carbocycles. The monoisotopic (exact) mass is 183 g/mol. The van der Waals surface area contributed by atoms with E-state index >= 15 is 0 Å². The number of aromatic carboxylic acids is 1. The second kappa shape index (κ2) is 3.47. The van der Waals surface area contributed by atoms with Gasteiger partial charge in [0.2, 0.25) is 0 Å². The highest BCUT2D eigenvalue weighted by molar-refractivity contribution is 5.91. The van der Waals surface area contributed by atoms with Crippen molar-refractivity contribution < 1.29 is 9.90 Å². The van der Waals surface area contributed by atoms with Crippen molar-refractivity contribution in [2.24, 2.45) is 7.05 Å². The molecule has 0 saturated heterocycles. The largest absolute Gasteiger partial charge is 0.476 e. The average Bonchev–Trinajstić information content (AvgIpc) is 2.29. The fourth-order valence-electron chi connectivity index (χ4n) is 1.06.